The van der Waals surface area contributed by atoms with Crippen LogP contribution in [0.3, 0.4) is 0 Å². The third-order valence-corrected chi connectivity index (χ3v) is 4.66. The molecule has 1 aromatic carbocycles. The Kier molecular flexibility index (Phi) is 4.90. The van der Waals surface area contributed by atoms with Gasteiger partial charge in [-0.05, 0) is 30.7 Å². The third-order valence-electron chi connectivity index (χ3n) is 4.66. The van der Waals surface area contributed by atoms with E-state index in [1.807, 2.05) is 13.0 Å². The highest BCUT2D eigenvalue weighted by Gasteiger charge is 2.19. The molecule has 30 heavy (non-hydrogen) atoms. The number of nitrogens with zero attached hydrogens (tertiary/aromatic N) is 5. The van der Waals surface area contributed by atoms with Crippen LogP contribution < -0.4 is 11.1 Å². The lowest BCUT2D eigenvalue weighted by molar-refractivity contribution is 0.622. The van der Waals surface area contributed by atoms with Crippen molar-refractivity contribution in [1.29, 1.82) is 5.26 Å². The molecule has 0 unspecified atom stereocenters. The zero-order chi connectivity index (χ0) is 21.3. The van der Waals surface area contributed by atoms with Gasteiger partial charge in [0.05, 0.1) is 17.8 Å². The molecule has 0 aliphatic rings. The molecule has 0 aliphatic carbocycles. The van der Waals surface area contributed by atoms with E-state index in [9.17, 15) is 14.0 Å². The smallest absolute Gasteiger partial charge is 0.150 e. The fourth-order valence-electron chi connectivity index (χ4n) is 3.28. The number of rotatable bonds is 4. The molecule has 0 bridgehead atoms. The van der Waals surface area contributed by atoms with Crippen molar-refractivity contribution >= 4 is 22.5 Å². The van der Waals surface area contributed by atoms with E-state index in [1.165, 1.54) is 30.7 Å². The Morgan fingerprint density at radius 3 is 2.67 bits per heavy atom. The first-order valence-corrected chi connectivity index (χ1v) is 8.94. The number of nitrogens with one attached hydrogen (secondary N) is 1. The number of nitrogens with two attached hydrogens (primary N) is 1. The molecule has 0 radical (unpaired) electrons. The molecular formula is C21H15F2N7. The van der Waals surface area contributed by atoms with Crippen molar-refractivity contribution in [1.82, 2.24) is 19.9 Å². The van der Waals surface area contributed by atoms with Gasteiger partial charge in [-0.15, -0.1) is 0 Å². The molecule has 0 aliphatic heterocycles. The summed E-state index contributed by atoms with van der Waals surface area (Å²) in [5.74, 6) is -0.599. The molecule has 1 atom stereocenters. The first-order valence-electron chi connectivity index (χ1n) is 8.94. The summed E-state index contributed by atoms with van der Waals surface area (Å²) in [5, 5.41) is 13.1. The normalized spacial score (nSPS) is 11.8. The van der Waals surface area contributed by atoms with Gasteiger partial charge in [0.1, 0.15) is 41.2 Å². The Labute approximate surface area is 170 Å². The van der Waals surface area contributed by atoms with Crippen molar-refractivity contribution in [3.8, 4) is 17.2 Å². The monoisotopic (exact) mass is 403 g/mol. The summed E-state index contributed by atoms with van der Waals surface area (Å²) in [6.07, 6.45) is 5.47. The summed E-state index contributed by atoms with van der Waals surface area (Å²) >= 11 is 0. The number of nitrogen functional groups attached to an aromatic ring is 1. The van der Waals surface area contributed by atoms with Crippen LogP contribution in [0.25, 0.3) is 22.0 Å². The van der Waals surface area contributed by atoms with E-state index >= 15 is 0 Å². The average Bonchev–Trinajstić information content (AvgIpc) is 2.73. The number of hydrogen-bond donors (Lipinski definition) is 2. The minimum Gasteiger partial charge on any atom is -0.382 e. The van der Waals surface area contributed by atoms with Crippen LogP contribution in [0, 0.1) is 23.0 Å². The van der Waals surface area contributed by atoms with Crippen molar-refractivity contribution in [3.05, 3.63) is 71.9 Å². The predicted molar refractivity (Wildman–Crippen MR) is 108 cm³/mol. The Balaban J connectivity index is 1.89. The molecule has 3 heterocycles. The fourth-order valence-corrected chi connectivity index (χ4v) is 3.28. The standard InChI is InChI=1S/C21H15F2N7/c1-11(30-21-16(6-24)20(25)28-10-29-21)17-9-27-18-5-13(22)2-3-15(18)19(17)12-4-14(23)8-26-7-12/h2-5,7-11H,1H3,(H3,25,28,29,30)/t11-/m0/s1. The van der Waals surface area contributed by atoms with E-state index < -0.39 is 17.7 Å². The number of benzene rings is 1. The van der Waals surface area contributed by atoms with Crippen molar-refractivity contribution in [2.75, 3.05) is 11.1 Å². The predicted octanol–water partition coefficient (Wildman–Crippen LogP) is 3.99. The van der Waals surface area contributed by atoms with Crippen LogP contribution >= 0.6 is 0 Å². The van der Waals surface area contributed by atoms with E-state index in [0.29, 0.717) is 27.6 Å². The zero-order valence-corrected chi connectivity index (χ0v) is 15.8. The average molecular weight is 403 g/mol. The maximum absolute atomic E-state index is 13.9. The number of anilines is 2. The number of hydrogen-bond acceptors (Lipinski definition) is 7. The molecule has 148 valence electrons. The zero-order valence-electron chi connectivity index (χ0n) is 15.8. The molecule has 0 saturated heterocycles. The topological polar surface area (TPSA) is 113 Å². The molecule has 4 aromatic rings. The number of halogens is 2. The quantitative estimate of drug-likeness (QED) is 0.529. The van der Waals surface area contributed by atoms with Gasteiger partial charge < -0.3 is 11.1 Å². The van der Waals surface area contributed by atoms with Crippen molar-refractivity contribution in [2.45, 2.75) is 13.0 Å². The van der Waals surface area contributed by atoms with E-state index in [-0.39, 0.29) is 17.2 Å². The number of nitriles is 1. The van der Waals surface area contributed by atoms with Crippen LogP contribution in [-0.4, -0.2) is 19.9 Å². The Bertz CT molecular complexity index is 1300. The molecule has 7 nitrogen and oxygen atoms in total. The second-order valence-corrected chi connectivity index (χ2v) is 6.60. The van der Waals surface area contributed by atoms with Gasteiger partial charge in [-0.1, -0.05) is 0 Å². The molecule has 0 amide bonds. The van der Waals surface area contributed by atoms with Gasteiger partial charge in [0.15, 0.2) is 0 Å². The summed E-state index contributed by atoms with van der Waals surface area (Å²) in [4.78, 5) is 16.2. The van der Waals surface area contributed by atoms with Gasteiger partial charge in [0, 0.05) is 35.0 Å². The highest BCUT2D eigenvalue weighted by Crippen LogP contribution is 2.36. The van der Waals surface area contributed by atoms with Crippen molar-refractivity contribution in [3.63, 3.8) is 0 Å². The second-order valence-electron chi connectivity index (χ2n) is 6.60. The Morgan fingerprint density at radius 1 is 1.07 bits per heavy atom. The van der Waals surface area contributed by atoms with Gasteiger partial charge in [0.25, 0.3) is 0 Å². The van der Waals surface area contributed by atoms with Crippen LogP contribution in [0.15, 0.2) is 49.2 Å². The third kappa shape index (κ3) is 3.46. The minimum absolute atomic E-state index is 0.0591. The van der Waals surface area contributed by atoms with Crippen LogP contribution in [0.5, 0.6) is 0 Å². The van der Waals surface area contributed by atoms with E-state index in [1.54, 1.807) is 12.3 Å². The number of fused-ring (bicyclic) bond motifs is 1. The Morgan fingerprint density at radius 2 is 1.90 bits per heavy atom. The summed E-state index contributed by atoms with van der Waals surface area (Å²) in [7, 11) is 0. The van der Waals surface area contributed by atoms with Crippen LogP contribution in [-0.2, 0) is 0 Å². The van der Waals surface area contributed by atoms with Crippen molar-refractivity contribution < 1.29 is 8.78 Å². The molecule has 3 N–H and O–H groups in total. The second kappa shape index (κ2) is 7.67. The van der Waals surface area contributed by atoms with Gasteiger partial charge in [-0.2, -0.15) is 5.26 Å². The van der Waals surface area contributed by atoms with Crippen LogP contribution in [0.4, 0.5) is 20.4 Å². The van der Waals surface area contributed by atoms with Crippen LogP contribution in [0.1, 0.15) is 24.1 Å². The minimum atomic E-state index is -0.499. The van der Waals surface area contributed by atoms with Gasteiger partial charge in [0.2, 0.25) is 0 Å². The fraction of sp³-hybridized carbons (Fsp3) is 0.0952. The van der Waals surface area contributed by atoms with E-state index in [0.717, 1.165) is 6.20 Å². The van der Waals surface area contributed by atoms with E-state index in [2.05, 4.69) is 25.3 Å². The maximum atomic E-state index is 13.9. The van der Waals surface area contributed by atoms with Gasteiger partial charge in [-0.3, -0.25) is 9.97 Å². The molecule has 3 aromatic heterocycles. The lowest BCUT2D eigenvalue weighted by Gasteiger charge is -2.20. The SMILES string of the molecule is C[C@H](Nc1ncnc(N)c1C#N)c1cnc2cc(F)ccc2c1-c1cncc(F)c1. The van der Waals surface area contributed by atoms with Gasteiger partial charge >= 0.3 is 0 Å². The Hall–Kier alpha value is -4.19. The molecular weight excluding hydrogens is 388 g/mol. The lowest BCUT2D eigenvalue weighted by atomic mass is 9.94. The summed E-state index contributed by atoms with van der Waals surface area (Å²) in [6.45, 7) is 1.84. The largest absolute Gasteiger partial charge is 0.382 e. The maximum Gasteiger partial charge on any atom is 0.150 e. The summed E-state index contributed by atoms with van der Waals surface area (Å²) in [6, 6.07) is 7.15. The number of pyridine rings is 2. The molecule has 0 spiro atoms. The lowest BCUT2D eigenvalue weighted by Crippen LogP contribution is -2.12. The summed E-state index contributed by atoms with van der Waals surface area (Å²) in [5.41, 5.74) is 8.15. The highest BCUT2D eigenvalue weighted by atomic mass is 19.1. The molecule has 9 heteroatoms. The van der Waals surface area contributed by atoms with E-state index in [4.69, 9.17) is 5.73 Å². The summed E-state index contributed by atoms with van der Waals surface area (Å²) < 4.78 is 27.6. The highest BCUT2D eigenvalue weighted by molar-refractivity contribution is 5.96. The number of aromatic nitrogens is 4. The first-order chi connectivity index (χ1) is 14.5. The van der Waals surface area contributed by atoms with Crippen molar-refractivity contribution in [2.24, 2.45) is 0 Å². The van der Waals surface area contributed by atoms with Gasteiger partial charge in [-0.25, -0.2) is 18.7 Å². The first kappa shape index (κ1) is 19.1. The molecule has 0 fully saturated rings. The molecule has 4 rings (SSSR count). The molecule has 0 saturated carbocycles. The van der Waals surface area contributed by atoms with Crippen LogP contribution in [0.2, 0.25) is 0 Å².